The van der Waals surface area contributed by atoms with Crippen LogP contribution in [0.4, 0.5) is 0 Å². The van der Waals surface area contributed by atoms with Gasteiger partial charge in [-0.1, -0.05) is 0 Å². The normalized spacial score (nSPS) is 15.7. The van der Waals surface area contributed by atoms with Crippen molar-refractivity contribution in [2.45, 2.75) is 30.6 Å². The number of primary amides is 1. The van der Waals surface area contributed by atoms with Crippen LogP contribution in [0.25, 0.3) is 0 Å². The summed E-state index contributed by atoms with van der Waals surface area (Å²) >= 11 is 3.99. The summed E-state index contributed by atoms with van der Waals surface area (Å²) in [4.78, 5) is 33.3. The molecule has 0 aliphatic rings. The number of carboxylic acid groups (broad SMARTS) is 1. The molecule has 0 radical (unpaired) electrons. The quantitative estimate of drug-likeness (QED) is 0.355. The number of nitrogens with one attached hydrogen (secondary N) is 1. The maximum Gasteiger partial charge on any atom is 0.322 e. The number of hydrogen-bond acceptors (Lipinski definition) is 5. The minimum atomic E-state index is -1.75. The Kier molecular flexibility index (Phi) is 5.97. The van der Waals surface area contributed by atoms with Gasteiger partial charge in [0.1, 0.15) is 10.8 Å². The maximum absolute atomic E-state index is 11.2. The number of amides is 2. The molecule has 0 aromatic rings. The molecule has 6 N–H and O–H groups in total. The lowest BCUT2D eigenvalue weighted by molar-refractivity contribution is -0.143. The summed E-state index contributed by atoms with van der Waals surface area (Å²) in [7, 11) is 0. The molecule has 0 aromatic carbocycles. The summed E-state index contributed by atoms with van der Waals surface area (Å²) in [6, 6.07) is -1.38. The standard InChI is InChI=1S/C9H17N3O4S/c1-5(13)12-6(7(11)14)9(17,8(15)16)3-2-4-10/h6,17H,2-4,10H2,1H3,(H2,11,14)(H,12,13)(H,15,16). The fourth-order valence-corrected chi connectivity index (χ4v) is 1.73. The highest BCUT2D eigenvalue weighted by Crippen LogP contribution is 2.26. The van der Waals surface area contributed by atoms with Gasteiger partial charge in [0.25, 0.3) is 0 Å². The van der Waals surface area contributed by atoms with E-state index >= 15 is 0 Å². The lowest BCUT2D eigenvalue weighted by Gasteiger charge is -2.31. The first-order valence-corrected chi connectivity index (χ1v) is 5.42. The first kappa shape index (κ1) is 15.7. The first-order chi connectivity index (χ1) is 7.75. The molecule has 0 aliphatic heterocycles. The smallest absolute Gasteiger partial charge is 0.322 e. The number of hydrogen-bond donors (Lipinski definition) is 5. The molecule has 0 fully saturated rings. The van der Waals surface area contributed by atoms with Crippen LogP contribution in [0.1, 0.15) is 19.8 Å². The minimum absolute atomic E-state index is 0.0236. The number of carbonyl (C=O) groups excluding carboxylic acids is 2. The summed E-state index contributed by atoms with van der Waals surface area (Å²) in [5, 5.41) is 11.3. The Bertz CT molecular complexity index is 323. The Balaban J connectivity index is 5.14. The van der Waals surface area contributed by atoms with Crippen LogP contribution in [-0.2, 0) is 14.4 Å². The average Bonchev–Trinajstić information content (AvgIpc) is 2.21. The Hall–Kier alpha value is -1.28. The molecule has 0 aliphatic carbocycles. The van der Waals surface area contributed by atoms with Gasteiger partial charge in [-0.05, 0) is 19.4 Å². The summed E-state index contributed by atoms with van der Waals surface area (Å²) in [5.41, 5.74) is 10.4. The summed E-state index contributed by atoms with van der Waals surface area (Å²) < 4.78 is -1.75. The van der Waals surface area contributed by atoms with Crippen molar-refractivity contribution in [2.24, 2.45) is 11.5 Å². The van der Waals surface area contributed by atoms with Gasteiger partial charge < -0.3 is 21.9 Å². The molecular weight excluding hydrogens is 246 g/mol. The topological polar surface area (TPSA) is 136 Å². The molecule has 0 rings (SSSR count). The maximum atomic E-state index is 11.2. The Morgan fingerprint density at radius 3 is 2.29 bits per heavy atom. The van der Waals surface area contributed by atoms with E-state index in [1.807, 2.05) is 0 Å². The molecule has 0 saturated heterocycles. The number of thiol groups is 1. The van der Waals surface area contributed by atoms with E-state index in [0.29, 0.717) is 6.42 Å². The van der Waals surface area contributed by atoms with E-state index in [1.165, 1.54) is 0 Å². The van der Waals surface area contributed by atoms with Crippen molar-refractivity contribution in [1.29, 1.82) is 0 Å². The summed E-state index contributed by atoms with van der Waals surface area (Å²) in [6.07, 6.45) is 0.370. The highest BCUT2D eigenvalue weighted by Gasteiger charge is 2.46. The second-order valence-corrected chi connectivity index (χ2v) is 4.46. The fraction of sp³-hybridized carbons (Fsp3) is 0.667. The van der Waals surface area contributed by atoms with Crippen molar-refractivity contribution in [3.05, 3.63) is 0 Å². The van der Waals surface area contributed by atoms with E-state index in [9.17, 15) is 14.4 Å². The van der Waals surface area contributed by atoms with Gasteiger partial charge in [0, 0.05) is 6.92 Å². The number of carboxylic acids is 1. The second-order valence-electron chi connectivity index (χ2n) is 3.66. The van der Waals surface area contributed by atoms with E-state index in [-0.39, 0.29) is 13.0 Å². The first-order valence-electron chi connectivity index (χ1n) is 4.98. The van der Waals surface area contributed by atoms with Crippen LogP contribution in [0.15, 0.2) is 0 Å². The van der Waals surface area contributed by atoms with E-state index in [1.54, 1.807) is 0 Å². The van der Waals surface area contributed by atoms with Crippen LogP contribution >= 0.6 is 12.6 Å². The van der Waals surface area contributed by atoms with Gasteiger partial charge in [0.05, 0.1) is 0 Å². The fourth-order valence-electron chi connectivity index (χ4n) is 1.38. The predicted octanol–water partition coefficient (Wildman–Crippen LogP) is -1.53. The van der Waals surface area contributed by atoms with Gasteiger partial charge in [-0.3, -0.25) is 14.4 Å². The van der Waals surface area contributed by atoms with Gasteiger partial charge in [-0.2, -0.15) is 12.6 Å². The molecule has 0 saturated carbocycles. The van der Waals surface area contributed by atoms with E-state index < -0.39 is 28.6 Å². The highest BCUT2D eigenvalue weighted by atomic mass is 32.1. The van der Waals surface area contributed by atoms with Crippen LogP contribution in [0.3, 0.4) is 0 Å². The Morgan fingerprint density at radius 1 is 1.47 bits per heavy atom. The molecule has 17 heavy (non-hydrogen) atoms. The van der Waals surface area contributed by atoms with Crippen molar-refractivity contribution in [1.82, 2.24) is 5.32 Å². The van der Waals surface area contributed by atoms with Gasteiger partial charge in [-0.15, -0.1) is 0 Å². The van der Waals surface area contributed by atoms with Crippen LogP contribution < -0.4 is 16.8 Å². The van der Waals surface area contributed by atoms with Crippen LogP contribution in [0.5, 0.6) is 0 Å². The lowest BCUT2D eigenvalue weighted by atomic mass is 9.92. The molecule has 0 spiro atoms. The van der Waals surface area contributed by atoms with E-state index in [0.717, 1.165) is 6.92 Å². The SMILES string of the molecule is CC(=O)NC(C(N)=O)C(S)(CCCN)C(=O)O. The van der Waals surface area contributed by atoms with E-state index in [4.69, 9.17) is 16.6 Å². The minimum Gasteiger partial charge on any atom is -0.480 e. The number of nitrogens with two attached hydrogens (primary N) is 2. The van der Waals surface area contributed by atoms with Crippen molar-refractivity contribution in [3.8, 4) is 0 Å². The largest absolute Gasteiger partial charge is 0.480 e. The van der Waals surface area contributed by atoms with Gasteiger partial charge >= 0.3 is 5.97 Å². The number of aliphatic carboxylic acids is 1. The van der Waals surface area contributed by atoms with Gasteiger partial charge in [0.2, 0.25) is 11.8 Å². The van der Waals surface area contributed by atoms with Crippen LogP contribution in [-0.4, -0.2) is 40.2 Å². The zero-order chi connectivity index (χ0) is 13.6. The number of carbonyl (C=O) groups is 3. The molecule has 0 aromatic heterocycles. The zero-order valence-corrected chi connectivity index (χ0v) is 10.4. The monoisotopic (exact) mass is 263 g/mol. The molecule has 8 heteroatoms. The average molecular weight is 263 g/mol. The molecule has 2 amide bonds. The number of rotatable bonds is 7. The van der Waals surface area contributed by atoms with Gasteiger partial charge in [0.15, 0.2) is 0 Å². The van der Waals surface area contributed by atoms with E-state index in [2.05, 4.69) is 17.9 Å². The lowest BCUT2D eigenvalue weighted by Crippen LogP contribution is -2.59. The van der Waals surface area contributed by atoms with Crippen LogP contribution in [0, 0.1) is 0 Å². The Morgan fingerprint density at radius 2 is 2.00 bits per heavy atom. The predicted molar refractivity (Wildman–Crippen MR) is 64.4 cm³/mol. The second kappa shape index (κ2) is 6.45. The zero-order valence-electron chi connectivity index (χ0n) is 9.47. The third kappa shape index (κ3) is 4.23. The molecule has 0 bridgehead atoms. The van der Waals surface area contributed by atoms with Gasteiger partial charge in [-0.25, -0.2) is 0 Å². The molecule has 0 heterocycles. The molecule has 2 atom stereocenters. The Labute approximate surface area is 104 Å². The molecular formula is C9H17N3O4S. The van der Waals surface area contributed by atoms with Crippen molar-refractivity contribution in [2.75, 3.05) is 6.54 Å². The van der Waals surface area contributed by atoms with Crippen LogP contribution in [0.2, 0.25) is 0 Å². The molecule has 2 unspecified atom stereocenters. The molecule has 98 valence electrons. The van der Waals surface area contributed by atoms with Crippen molar-refractivity contribution in [3.63, 3.8) is 0 Å². The summed E-state index contributed by atoms with van der Waals surface area (Å²) in [6.45, 7) is 1.41. The summed E-state index contributed by atoms with van der Waals surface area (Å²) in [5.74, 6) is -2.83. The molecule has 7 nitrogen and oxygen atoms in total. The highest BCUT2D eigenvalue weighted by molar-refractivity contribution is 7.82. The third-order valence-corrected chi connectivity index (χ3v) is 2.92. The van der Waals surface area contributed by atoms with Crippen molar-refractivity contribution >= 4 is 30.4 Å². The van der Waals surface area contributed by atoms with Crippen molar-refractivity contribution < 1.29 is 19.5 Å². The third-order valence-electron chi connectivity index (χ3n) is 2.24.